The molecule has 0 aliphatic carbocycles. The van der Waals surface area contributed by atoms with Gasteiger partial charge in [0.25, 0.3) is 0 Å². The van der Waals surface area contributed by atoms with Crippen LogP contribution in [0.2, 0.25) is 0 Å². The molecule has 15 heavy (non-hydrogen) atoms. The quantitative estimate of drug-likeness (QED) is 0.879. The van der Waals surface area contributed by atoms with E-state index in [1.807, 2.05) is 6.20 Å². The number of hydrogen-bond acceptors (Lipinski definition) is 4. The fourth-order valence-electron chi connectivity index (χ4n) is 2.00. The molecule has 1 N–H and O–H groups in total. The molecule has 4 heteroatoms. The summed E-state index contributed by atoms with van der Waals surface area (Å²) >= 11 is 3.85. The van der Waals surface area contributed by atoms with Crippen LogP contribution in [0.25, 0.3) is 0 Å². The molecule has 0 radical (unpaired) electrons. The first-order valence-corrected chi connectivity index (χ1v) is 7.63. The number of thioether (sulfide) groups is 1. The van der Waals surface area contributed by atoms with Gasteiger partial charge in [0.2, 0.25) is 0 Å². The normalized spacial score (nSPS) is 26.7. The molecule has 2 heterocycles. The van der Waals surface area contributed by atoms with Crippen LogP contribution in [0, 0.1) is 0 Å². The number of thiazole rings is 1. The molecule has 0 bridgehead atoms. The van der Waals surface area contributed by atoms with Crippen molar-refractivity contribution in [3.05, 3.63) is 16.6 Å². The van der Waals surface area contributed by atoms with E-state index in [0.717, 1.165) is 6.54 Å². The standard InChI is InChI=1S/C11H18N2S2/c1-2-5-13-11(4-3-7-14-9-11)10-12-6-8-15-10/h6,8,13H,2-5,7,9H2,1H3. The molecule has 0 aromatic carbocycles. The Bertz CT molecular complexity index is 279. The zero-order valence-electron chi connectivity index (χ0n) is 9.16. The summed E-state index contributed by atoms with van der Waals surface area (Å²) in [4.78, 5) is 4.51. The second kappa shape index (κ2) is 5.32. The number of nitrogens with zero attached hydrogens (tertiary/aromatic N) is 1. The van der Waals surface area contributed by atoms with Crippen LogP contribution in [0.4, 0.5) is 0 Å². The van der Waals surface area contributed by atoms with Gasteiger partial charge in [-0.25, -0.2) is 4.98 Å². The van der Waals surface area contributed by atoms with E-state index in [4.69, 9.17) is 0 Å². The van der Waals surface area contributed by atoms with Crippen LogP contribution in [-0.4, -0.2) is 23.0 Å². The zero-order valence-corrected chi connectivity index (χ0v) is 10.8. The van der Waals surface area contributed by atoms with Crippen LogP contribution in [0.15, 0.2) is 11.6 Å². The van der Waals surface area contributed by atoms with Crippen molar-refractivity contribution >= 4 is 23.1 Å². The Morgan fingerprint density at radius 1 is 1.60 bits per heavy atom. The van der Waals surface area contributed by atoms with E-state index >= 15 is 0 Å². The van der Waals surface area contributed by atoms with Gasteiger partial charge in [-0.3, -0.25) is 0 Å². The summed E-state index contributed by atoms with van der Waals surface area (Å²) in [6, 6.07) is 0. The maximum absolute atomic E-state index is 4.51. The molecular formula is C11H18N2S2. The van der Waals surface area contributed by atoms with Gasteiger partial charge in [0.05, 0.1) is 5.54 Å². The highest BCUT2D eigenvalue weighted by molar-refractivity contribution is 7.99. The Balaban J connectivity index is 2.14. The summed E-state index contributed by atoms with van der Waals surface area (Å²) in [5, 5.41) is 7.08. The van der Waals surface area contributed by atoms with Gasteiger partial charge in [-0.05, 0) is 31.6 Å². The summed E-state index contributed by atoms with van der Waals surface area (Å²) in [6.45, 7) is 3.32. The highest BCUT2D eigenvalue weighted by atomic mass is 32.2. The van der Waals surface area contributed by atoms with Crippen LogP contribution < -0.4 is 5.32 Å². The van der Waals surface area contributed by atoms with Crippen LogP contribution in [0.3, 0.4) is 0 Å². The van der Waals surface area contributed by atoms with Gasteiger partial charge in [-0.15, -0.1) is 11.3 Å². The summed E-state index contributed by atoms with van der Waals surface area (Å²) in [5.41, 5.74) is 0.174. The first-order chi connectivity index (χ1) is 7.37. The van der Waals surface area contributed by atoms with Crippen molar-refractivity contribution in [2.75, 3.05) is 18.1 Å². The summed E-state index contributed by atoms with van der Waals surface area (Å²) in [5.74, 6) is 2.49. The molecule has 1 aromatic rings. The second-order valence-electron chi connectivity index (χ2n) is 4.00. The van der Waals surface area contributed by atoms with Crippen LogP contribution in [0.5, 0.6) is 0 Å². The zero-order chi connectivity index (χ0) is 10.6. The molecule has 1 aliphatic heterocycles. The molecule has 1 atom stereocenters. The molecule has 0 spiro atoms. The monoisotopic (exact) mass is 242 g/mol. The summed E-state index contributed by atoms with van der Waals surface area (Å²) < 4.78 is 0. The number of nitrogens with one attached hydrogen (secondary N) is 1. The van der Waals surface area contributed by atoms with Crippen LogP contribution >= 0.6 is 23.1 Å². The van der Waals surface area contributed by atoms with E-state index in [0.29, 0.717) is 0 Å². The lowest BCUT2D eigenvalue weighted by atomic mass is 9.96. The van der Waals surface area contributed by atoms with Crippen molar-refractivity contribution in [2.24, 2.45) is 0 Å². The van der Waals surface area contributed by atoms with Crippen molar-refractivity contribution in [3.63, 3.8) is 0 Å². The van der Waals surface area contributed by atoms with E-state index in [1.54, 1.807) is 11.3 Å². The van der Waals surface area contributed by atoms with Crippen molar-refractivity contribution in [2.45, 2.75) is 31.7 Å². The third kappa shape index (κ3) is 2.55. The molecule has 1 fully saturated rings. The minimum atomic E-state index is 0.174. The highest BCUT2D eigenvalue weighted by Crippen LogP contribution is 2.36. The summed E-state index contributed by atoms with van der Waals surface area (Å²) in [6.07, 6.45) is 5.67. The molecule has 84 valence electrons. The van der Waals surface area contributed by atoms with Crippen LogP contribution in [-0.2, 0) is 5.54 Å². The second-order valence-corrected chi connectivity index (χ2v) is 6.00. The molecule has 1 unspecified atom stereocenters. The Kier molecular flexibility index (Phi) is 4.05. The summed E-state index contributed by atoms with van der Waals surface area (Å²) in [7, 11) is 0. The first-order valence-electron chi connectivity index (χ1n) is 5.60. The van der Waals surface area contributed by atoms with Crippen molar-refractivity contribution in [1.29, 1.82) is 0 Å². The SMILES string of the molecule is CCCNC1(c2nccs2)CCCSC1. The first kappa shape index (κ1) is 11.4. The fourth-order valence-corrected chi connectivity index (χ4v) is 4.16. The van der Waals surface area contributed by atoms with Gasteiger partial charge in [0, 0.05) is 17.3 Å². The lowest BCUT2D eigenvalue weighted by molar-refractivity contribution is 0.337. The van der Waals surface area contributed by atoms with Crippen molar-refractivity contribution in [1.82, 2.24) is 10.3 Å². The van der Waals surface area contributed by atoms with Crippen molar-refractivity contribution < 1.29 is 0 Å². The van der Waals surface area contributed by atoms with E-state index < -0.39 is 0 Å². The average Bonchev–Trinajstić information content (AvgIpc) is 2.82. The Morgan fingerprint density at radius 3 is 3.13 bits per heavy atom. The molecule has 0 saturated carbocycles. The molecule has 1 saturated heterocycles. The van der Waals surface area contributed by atoms with Crippen molar-refractivity contribution in [3.8, 4) is 0 Å². The number of rotatable bonds is 4. The average molecular weight is 242 g/mol. The Labute approximate surface area is 99.9 Å². The minimum Gasteiger partial charge on any atom is -0.305 e. The maximum atomic E-state index is 4.51. The third-order valence-electron chi connectivity index (χ3n) is 2.80. The lowest BCUT2D eigenvalue weighted by Gasteiger charge is -2.36. The molecule has 0 amide bonds. The largest absolute Gasteiger partial charge is 0.305 e. The van der Waals surface area contributed by atoms with E-state index in [9.17, 15) is 0 Å². The van der Waals surface area contributed by atoms with Gasteiger partial charge in [0.1, 0.15) is 5.01 Å². The van der Waals surface area contributed by atoms with E-state index in [1.165, 1.54) is 35.8 Å². The van der Waals surface area contributed by atoms with E-state index in [2.05, 4.69) is 34.4 Å². The van der Waals surface area contributed by atoms with Gasteiger partial charge >= 0.3 is 0 Å². The molecule has 1 aromatic heterocycles. The molecule has 2 rings (SSSR count). The molecule has 2 nitrogen and oxygen atoms in total. The molecule has 1 aliphatic rings. The van der Waals surface area contributed by atoms with Crippen LogP contribution in [0.1, 0.15) is 31.2 Å². The van der Waals surface area contributed by atoms with Gasteiger partial charge in [-0.2, -0.15) is 11.8 Å². The van der Waals surface area contributed by atoms with Gasteiger partial charge < -0.3 is 5.32 Å². The number of hydrogen-bond donors (Lipinski definition) is 1. The highest BCUT2D eigenvalue weighted by Gasteiger charge is 2.35. The van der Waals surface area contributed by atoms with Gasteiger partial charge in [0.15, 0.2) is 0 Å². The topological polar surface area (TPSA) is 24.9 Å². The lowest BCUT2D eigenvalue weighted by Crippen LogP contribution is -2.46. The molecular weight excluding hydrogens is 224 g/mol. The predicted octanol–water partition coefficient (Wildman–Crippen LogP) is 2.87. The van der Waals surface area contributed by atoms with E-state index in [-0.39, 0.29) is 5.54 Å². The minimum absolute atomic E-state index is 0.174. The van der Waals surface area contributed by atoms with Gasteiger partial charge in [-0.1, -0.05) is 6.92 Å². The Morgan fingerprint density at radius 2 is 2.53 bits per heavy atom. The Hall–Kier alpha value is -0.0600. The predicted molar refractivity (Wildman–Crippen MR) is 68.6 cm³/mol. The third-order valence-corrected chi connectivity index (χ3v) is 5.05. The number of aromatic nitrogens is 1. The maximum Gasteiger partial charge on any atom is 0.113 e. The fraction of sp³-hybridized carbons (Fsp3) is 0.727. The smallest absolute Gasteiger partial charge is 0.113 e.